The number of carbonyl (C=O) groups excluding carboxylic acids is 2. The predicted molar refractivity (Wildman–Crippen MR) is 123 cm³/mol. The molecule has 1 saturated heterocycles. The first kappa shape index (κ1) is 20.4. The largest absolute Gasteiger partial charge is 0.336 e. The van der Waals surface area contributed by atoms with Crippen LogP contribution in [0.5, 0.6) is 0 Å². The molecule has 31 heavy (non-hydrogen) atoms. The summed E-state index contributed by atoms with van der Waals surface area (Å²) < 4.78 is 0. The van der Waals surface area contributed by atoms with Crippen LogP contribution >= 0.6 is 0 Å². The molecule has 0 aromatic heterocycles. The Kier molecular flexibility index (Phi) is 4.87. The number of anilines is 2. The molecular formula is C26H23N3O2. The smallest absolute Gasteiger partial charge is 0.279 e. The molecule has 0 spiro atoms. The Hall–Kier alpha value is -3.91. The number of carbonyl (C=O) groups is 2. The Bertz CT molecular complexity index is 1220. The lowest BCUT2D eigenvalue weighted by atomic mass is 10.0. The van der Waals surface area contributed by atoms with Gasteiger partial charge in [-0.15, -0.1) is 0 Å². The van der Waals surface area contributed by atoms with Crippen molar-refractivity contribution in [3.63, 3.8) is 0 Å². The van der Waals surface area contributed by atoms with Gasteiger partial charge in [-0.2, -0.15) is 0 Å². The third-order valence-corrected chi connectivity index (χ3v) is 5.99. The third-order valence-electron chi connectivity index (χ3n) is 5.99. The topological polar surface area (TPSA) is 45.0 Å². The number of benzene rings is 3. The second kappa shape index (κ2) is 7.41. The molecule has 1 aliphatic heterocycles. The maximum Gasteiger partial charge on any atom is 0.336 e. The third kappa shape index (κ3) is 3.17. The van der Waals surface area contributed by atoms with Crippen molar-refractivity contribution in [1.82, 2.24) is 0 Å². The van der Waals surface area contributed by atoms with E-state index in [9.17, 15) is 9.59 Å². The first-order chi connectivity index (χ1) is 14.8. The summed E-state index contributed by atoms with van der Waals surface area (Å²) in [5.41, 5.74) is 4.33. The summed E-state index contributed by atoms with van der Waals surface area (Å²) in [6.45, 7) is 14.5. The minimum Gasteiger partial charge on any atom is -0.279 e. The zero-order chi connectivity index (χ0) is 22.3. The fourth-order valence-corrected chi connectivity index (χ4v) is 4.03. The summed E-state index contributed by atoms with van der Waals surface area (Å²) in [4.78, 5) is 33.1. The highest BCUT2D eigenvalue weighted by Crippen LogP contribution is 2.39. The number of hydrogen-bond acceptors (Lipinski definition) is 2. The molecule has 0 N–H and O–H groups in total. The van der Waals surface area contributed by atoms with Crippen molar-refractivity contribution in [2.75, 3.05) is 9.80 Å². The van der Waals surface area contributed by atoms with Crippen LogP contribution in [0.4, 0.5) is 21.9 Å². The fourth-order valence-electron chi connectivity index (χ4n) is 4.03. The lowest BCUT2D eigenvalue weighted by molar-refractivity contribution is -0.120. The molecule has 1 fully saturated rings. The average Bonchev–Trinajstić information content (AvgIpc) is 2.95. The number of urea groups is 1. The van der Waals surface area contributed by atoms with Gasteiger partial charge in [0, 0.05) is 5.69 Å². The molecule has 0 saturated carbocycles. The second-order valence-corrected chi connectivity index (χ2v) is 8.20. The Balaban J connectivity index is 1.74. The molecule has 0 bridgehead atoms. The van der Waals surface area contributed by atoms with Gasteiger partial charge in [-0.25, -0.2) is 14.5 Å². The van der Waals surface area contributed by atoms with Gasteiger partial charge < -0.3 is 0 Å². The number of imide groups is 1. The highest BCUT2D eigenvalue weighted by molar-refractivity contribution is 6.30. The van der Waals surface area contributed by atoms with Gasteiger partial charge in [-0.3, -0.25) is 9.69 Å². The first-order valence-corrected chi connectivity index (χ1v) is 10.1. The lowest BCUT2D eigenvalue weighted by Gasteiger charge is -2.27. The van der Waals surface area contributed by atoms with Crippen LogP contribution in [0.25, 0.3) is 16.0 Å². The highest BCUT2D eigenvalue weighted by atomic mass is 16.2. The van der Waals surface area contributed by atoms with E-state index in [1.807, 2.05) is 68.4 Å². The van der Waals surface area contributed by atoms with E-state index in [0.717, 1.165) is 22.3 Å². The first-order valence-electron chi connectivity index (χ1n) is 10.1. The van der Waals surface area contributed by atoms with Crippen LogP contribution in [0.1, 0.15) is 25.0 Å². The zero-order valence-electron chi connectivity index (χ0n) is 18.0. The van der Waals surface area contributed by atoms with E-state index in [1.54, 1.807) is 30.9 Å². The molecule has 0 radical (unpaired) electrons. The van der Waals surface area contributed by atoms with E-state index in [1.165, 1.54) is 4.90 Å². The van der Waals surface area contributed by atoms with Crippen molar-refractivity contribution in [3.8, 4) is 11.1 Å². The lowest BCUT2D eigenvalue weighted by Crippen LogP contribution is -2.44. The fraction of sp³-hybridized carbons (Fsp3) is 0.192. The van der Waals surface area contributed by atoms with Crippen molar-refractivity contribution >= 4 is 29.0 Å². The van der Waals surface area contributed by atoms with E-state index in [0.29, 0.717) is 17.1 Å². The predicted octanol–water partition coefficient (Wildman–Crippen LogP) is 6.27. The summed E-state index contributed by atoms with van der Waals surface area (Å²) in [6, 6.07) is 20.6. The van der Waals surface area contributed by atoms with Gasteiger partial charge in [0.25, 0.3) is 5.91 Å². The Labute approximate surface area is 182 Å². The van der Waals surface area contributed by atoms with Gasteiger partial charge in [0.05, 0.1) is 12.3 Å². The van der Waals surface area contributed by atoms with Crippen LogP contribution in [0.2, 0.25) is 0 Å². The SMILES string of the molecule is [C-]#[N+]c1ccc(N2C(=O)N(c3ccc(-c4ccccc4)cc3)C(C)(C)C2=O)c(C)c1C. The van der Waals surface area contributed by atoms with Crippen molar-refractivity contribution in [3.05, 3.63) is 89.3 Å². The normalized spacial score (nSPS) is 15.3. The van der Waals surface area contributed by atoms with Crippen LogP contribution < -0.4 is 9.80 Å². The minimum atomic E-state index is -1.04. The Morgan fingerprint density at radius 2 is 1.42 bits per heavy atom. The van der Waals surface area contributed by atoms with Gasteiger partial charge in [-0.05, 0) is 68.1 Å². The molecule has 0 atom stereocenters. The van der Waals surface area contributed by atoms with Crippen molar-refractivity contribution in [2.45, 2.75) is 33.2 Å². The molecule has 3 aromatic rings. The number of amides is 3. The number of hydrogen-bond donors (Lipinski definition) is 0. The standard InChI is InChI=1S/C26H23N3O2/c1-17-18(2)23(16-15-22(17)27-5)28-24(30)26(3,4)29(25(28)31)21-13-11-20(12-14-21)19-9-7-6-8-10-19/h6-16H,1-4H3. The molecule has 154 valence electrons. The van der Waals surface area contributed by atoms with E-state index in [2.05, 4.69) is 4.85 Å². The van der Waals surface area contributed by atoms with Gasteiger partial charge in [0.15, 0.2) is 5.69 Å². The number of rotatable bonds is 3. The molecule has 3 aromatic carbocycles. The van der Waals surface area contributed by atoms with Gasteiger partial charge in [-0.1, -0.05) is 48.5 Å². The molecule has 4 rings (SSSR count). The van der Waals surface area contributed by atoms with Crippen molar-refractivity contribution in [1.29, 1.82) is 0 Å². The van der Waals surface area contributed by atoms with Crippen LogP contribution in [0.3, 0.4) is 0 Å². The average molecular weight is 409 g/mol. The second-order valence-electron chi connectivity index (χ2n) is 8.20. The minimum absolute atomic E-state index is 0.289. The molecule has 5 heteroatoms. The molecular weight excluding hydrogens is 386 g/mol. The summed E-state index contributed by atoms with van der Waals surface area (Å²) in [5.74, 6) is -0.289. The molecule has 0 unspecified atom stereocenters. The number of nitrogens with zero attached hydrogens (tertiary/aromatic N) is 3. The van der Waals surface area contributed by atoms with Crippen molar-refractivity contribution < 1.29 is 9.59 Å². The summed E-state index contributed by atoms with van der Waals surface area (Å²) in [5, 5.41) is 0. The summed E-state index contributed by atoms with van der Waals surface area (Å²) in [6.07, 6.45) is 0. The maximum absolute atomic E-state index is 13.5. The summed E-state index contributed by atoms with van der Waals surface area (Å²) in [7, 11) is 0. The van der Waals surface area contributed by atoms with Crippen LogP contribution in [0.15, 0.2) is 66.7 Å². The molecule has 3 amide bonds. The van der Waals surface area contributed by atoms with Crippen LogP contribution in [-0.2, 0) is 4.79 Å². The van der Waals surface area contributed by atoms with E-state index >= 15 is 0 Å². The summed E-state index contributed by atoms with van der Waals surface area (Å²) >= 11 is 0. The van der Waals surface area contributed by atoms with E-state index in [-0.39, 0.29) is 11.9 Å². The molecule has 1 heterocycles. The molecule has 0 aliphatic carbocycles. The Morgan fingerprint density at radius 1 is 0.806 bits per heavy atom. The van der Waals surface area contributed by atoms with E-state index < -0.39 is 5.54 Å². The van der Waals surface area contributed by atoms with Crippen LogP contribution in [0, 0.1) is 20.4 Å². The molecule has 5 nitrogen and oxygen atoms in total. The van der Waals surface area contributed by atoms with Gasteiger partial charge in [0.2, 0.25) is 0 Å². The van der Waals surface area contributed by atoms with Gasteiger partial charge >= 0.3 is 6.03 Å². The Morgan fingerprint density at radius 3 is 2.03 bits per heavy atom. The van der Waals surface area contributed by atoms with Crippen LogP contribution in [-0.4, -0.2) is 17.5 Å². The maximum atomic E-state index is 13.5. The monoisotopic (exact) mass is 409 g/mol. The van der Waals surface area contributed by atoms with Crippen molar-refractivity contribution in [2.24, 2.45) is 0 Å². The zero-order valence-corrected chi connectivity index (χ0v) is 18.0. The van der Waals surface area contributed by atoms with Gasteiger partial charge in [0.1, 0.15) is 5.54 Å². The quantitative estimate of drug-likeness (QED) is 0.378. The highest BCUT2D eigenvalue weighted by Gasteiger charge is 2.53. The molecule has 1 aliphatic rings. The van der Waals surface area contributed by atoms with E-state index in [4.69, 9.17) is 6.57 Å².